The molecule has 0 aromatic heterocycles. The third-order valence-electron chi connectivity index (χ3n) is 2.42. The highest BCUT2D eigenvalue weighted by Gasteiger charge is 2.31. The molecule has 0 spiro atoms. The number of halogens is 3. The molecule has 2 aromatic carbocycles. The Morgan fingerprint density at radius 2 is 1.68 bits per heavy atom. The van der Waals surface area contributed by atoms with E-state index in [1.165, 1.54) is 12.1 Å². The van der Waals surface area contributed by atoms with Crippen LogP contribution in [0.3, 0.4) is 0 Å². The molecule has 0 aliphatic rings. The average Bonchev–Trinajstić information content (AvgIpc) is 2.33. The minimum atomic E-state index is -4.46. The fourth-order valence-electron chi connectivity index (χ4n) is 1.48. The third-order valence-corrected chi connectivity index (χ3v) is 2.42. The van der Waals surface area contributed by atoms with Crippen molar-refractivity contribution in [1.29, 1.82) is 0 Å². The number of benzene rings is 2. The Morgan fingerprint density at radius 3 is 2.26 bits per heavy atom. The normalized spacial score (nSPS) is 11.3. The van der Waals surface area contributed by atoms with E-state index in [2.05, 4.69) is 0 Å². The van der Waals surface area contributed by atoms with Crippen LogP contribution >= 0.6 is 0 Å². The Morgan fingerprint density at radius 1 is 1.00 bits per heavy atom. The molecule has 0 unspecified atom stereocenters. The topological polar surface area (TPSA) is 55.5 Å². The lowest BCUT2D eigenvalue weighted by atomic mass is 10.2. The molecule has 100 valence electrons. The first-order valence-corrected chi connectivity index (χ1v) is 5.30. The molecule has 0 saturated carbocycles. The lowest BCUT2D eigenvalue weighted by molar-refractivity contribution is -0.137. The molecule has 0 radical (unpaired) electrons. The summed E-state index contributed by atoms with van der Waals surface area (Å²) in [5.74, 6) is 0.0465. The molecule has 0 aliphatic carbocycles. The van der Waals surface area contributed by atoms with E-state index < -0.39 is 11.7 Å². The molecular formula is C13H10F3NO2. The molecule has 0 heterocycles. The minimum absolute atomic E-state index is 0.0505. The zero-order valence-corrected chi connectivity index (χ0v) is 9.61. The van der Waals surface area contributed by atoms with Crippen LogP contribution < -0.4 is 10.5 Å². The number of rotatable bonds is 2. The van der Waals surface area contributed by atoms with Crippen molar-refractivity contribution < 1.29 is 23.0 Å². The standard InChI is InChI=1S/C13H10F3NO2/c14-13(15,16)8-5-6-11(9(17)7-8)19-12-4-2-1-3-10(12)18/h1-7,18H,17H2. The van der Waals surface area contributed by atoms with Gasteiger partial charge in [-0.1, -0.05) is 12.1 Å². The number of aromatic hydroxyl groups is 1. The van der Waals surface area contributed by atoms with E-state index in [4.69, 9.17) is 10.5 Å². The quantitative estimate of drug-likeness (QED) is 0.815. The second-order valence-corrected chi connectivity index (χ2v) is 3.82. The molecule has 0 atom stereocenters. The molecule has 0 bridgehead atoms. The van der Waals surface area contributed by atoms with Gasteiger partial charge in [-0.05, 0) is 30.3 Å². The number of anilines is 1. The molecule has 3 nitrogen and oxygen atoms in total. The summed E-state index contributed by atoms with van der Waals surface area (Å²) in [6.45, 7) is 0. The van der Waals surface area contributed by atoms with Crippen molar-refractivity contribution in [2.45, 2.75) is 6.18 Å². The lowest BCUT2D eigenvalue weighted by Crippen LogP contribution is -2.05. The molecule has 0 amide bonds. The number of phenols is 1. The molecule has 0 saturated heterocycles. The van der Waals surface area contributed by atoms with E-state index >= 15 is 0 Å². The Hall–Kier alpha value is -2.37. The molecule has 19 heavy (non-hydrogen) atoms. The van der Waals surface area contributed by atoms with Crippen LogP contribution in [0.2, 0.25) is 0 Å². The highest BCUT2D eigenvalue weighted by atomic mass is 19.4. The second kappa shape index (κ2) is 4.72. The molecule has 0 aliphatic heterocycles. The van der Waals surface area contributed by atoms with Crippen molar-refractivity contribution >= 4 is 5.69 Å². The summed E-state index contributed by atoms with van der Waals surface area (Å²) >= 11 is 0. The summed E-state index contributed by atoms with van der Waals surface area (Å²) in [5, 5.41) is 9.50. The Bertz CT molecular complexity index is 597. The Kier molecular flexibility index (Phi) is 3.25. The van der Waals surface area contributed by atoms with Crippen molar-refractivity contribution in [3.8, 4) is 17.2 Å². The predicted octanol–water partition coefficient (Wildman–Crippen LogP) is 3.79. The smallest absolute Gasteiger partial charge is 0.416 e. The van der Waals surface area contributed by atoms with Gasteiger partial charge < -0.3 is 15.6 Å². The van der Waals surface area contributed by atoms with Crippen LogP contribution in [0, 0.1) is 0 Å². The van der Waals surface area contributed by atoms with E-state index in [0.29, 0.717) is 0 Å². The maximum Gasteiger partial charge on any atom is 0.416 e. The van der Waals surface area contributed by atoms with Gasteiger partial charge in [0.05, 0.1) is 11.3 Å². The van der Waals surface area contributed by atoms with Crippen LogP contribution in [-0.4, -0.2) is 5.11 Å². The number of alkyl halides is 3. The number of phenolic OH excluding ortho intramolecular Hbond substituents is 1. The highest BCUT2D eigenvalue weighted by Crippen LogP contribution is 2.37. The fraction of sp³-hybridized carbons (Fsp3) is 0.0769. The van der Waals surface area contributed by atoms with Gasteiger partial charge in [0.1, 0.15) is 0 Å². The van der Waals surface area contributed by atoms with Crippen LogP contribution in [0.5, 0.6) is 17.2 Å². The molecule has 2 aromatic rings. The van der Waals surface area contributed by atoms with Gasteiger partial charge in [-0.15, -0.1) is 0 Å². The molecular weight excluding hydrogens is 259 g/mol. The van der Waals surface area contributed by atoms with Gasteiger partial charge in [-0.25, -0.2) is 0 Å². The number of hydrogen-bond acceptors (Lipinski definition) is 3. The van der Waals surface area contributed by atoms with Crippen molar-refractivity contribution in [2.24, 2.45) is 0 Å². The van der Waals surface area contributed by atoms with Gasteiger partial charge in [0.2, 0.25) is 0 Å². The minimum Gasteiger partial charge on any atom is -0.504 e. The van der Waals surface area contributed by atoms with E-state index in [1.807, 2.05) is 0 Å². The van der Waals surface area contributed by atoms with Gasteiger partial charge in [0.25, 0.3) is 0 Å². The first-order chi connectivity index (χ1) is 8.88. The lowest BCUT2D eigenvalue weighted by Gasteiger charge is -2.12. The van der Waals surface area contributed by atoms with Crippen LogP contribution in [0.25, 0.3) is 0 Å². The fourth-order valence-corrected chi connectivity index (χ4v) is 1.48. The number of ether oxygens (including phenoxy) is 1. The van der Waals surface area contributed by atoms with Gasteiger partial charge in [-0.3, -0.25) is 0 Å². The zero-order valence-electron chi connectivity index (χ0n) is 9.61. The maximum absolute atomic E-state index is 12.5. The van der Waals surface area contributed by atoms with Crippen molar-refractivity contribution in [2.75, 3.05) is 5.73 Å². The summed E-state index contributed by atoms with van der Waals surface area (Å²) in [6.07, 6.45) is -4.46. The zero-order chi connectivity index (χ0) is 14.0. The first-order valence-electron chi connectivity index (χ1n) is 5.30. The molecule has 2 rings (SSSR count). The SMILES string of the molecule is Nc1cc(C(F)(F)F)ccc1Oc1ccccc1O. The number of para-hydroxylation sites is 2. The van der Waals surface area contributed by atoms with Crippen LogP contribution in [0.4, 0.5) is 18.9 Å². The predicted molar refractivity (Wildman–Crippen MR) is 64.0 cm³/mol. The van der Waals surface area contributed by atoms with E-state index in [0.717, 1.165) is 18.2 Å². The van der Waals surface area contributed by atoms with Crippen molar-refractivity contribution in [3.63, 3.8) is 0 Å². The van der Waals surface area contributed by atoms with E-state index in [1.54, 1.807) is 12.1 Å². The first kappa shape index (κ1) is 13.1. The second-order valence-electron chi connectivity index (χ2n) is 3.82. The largest absolute Gasteiger partial charge is 0.504 e. The van der Waals surface area contributed by atoms with Gasteiger partial charge in [0.15, 0.2) is 17.2 Å². The maximum atomic E-state index is 12.5. The highest BCUT2D eigenvalue weighted by molar-refractivity contribution is 5.57. The summed E-state index contributed by atoms with van der Waals surface area (Å²) in [4.78, 5) is 0. The number of nitrogens with two attached hydrogens (primary N) is 1. The van der Waals surface area contributed by atoms with Crippen LogP contribution in [0.1, 0.15) is 5.56 Å². The Labute approximate surface area is 107 Å². The summed E-state index contributed by atoms with van der Waals surface area (Å²) in [5.41, 5.74) is 4.50. The van der Waals surface area contributed by atoms with E-state index in [9.17, 15) is 18.3 Å². The van der Waals surface area contributed by atoms with Gasteiger partial charge >= 0.3 is 6.18 Å². The molecule has 3 N–H and O–H groups in total. The van der Waals surface area contributed by atoms with Gasteiger partial charge in [0, 0.05) is 0 Å². The Balaban J connectivity index is 2.30. The summed E-state index contributed by atoms with van der Waals surface area (Å²) in [7, 11) is 0. The van der Waals surface area contributed by atoms with Gasteiger partial charge in [-0.2, -0.15) is 13.2 Å². The third kappa shape index (κ3) is 2.90. The molecule has 0 fully saturated rings. The summed E-state index contributed by atoms with van der Waals surface area (Å²) < 4.78 is 42.6. The number of nitrogen functional groups attached to an aromatic ring is 1. The summed E-state index contributed by atoms with van der Waals surface area (Å²) in [6, 6.07) is 8.86. The van der Waals surface area contributed by atoms with Crippen LogP contribution in [0.15, 0.2) is 42.5 Å². The molecule has 6 heteroatoms. The number of hydrogen-bond donors (Lipinski definition) is 2. The van der Waals surface area contributed by atoms with Crippen molar-refractivity contribution in [1.82, 2.24) is 0 Å². The van der Waals surface area contributed by atoms with Crippen LogP contribution in [-0.2, 0) is 6.18 Å². The average molecular weight is 269 g/mol. The van der Waals surface area contributed by atoms with E-state index in [-0.39, 0.29) is 22.9 Å². The van der Waals surface area contributed by atoms with Crippen molar-refractivity contribution in [3.05, 3.63) is 48.0 Å². The monoisotopic (exact) mass is 269 g/mol.